The van der Waals surface area contributed by atoms with E-state index in [9.17, 15) is 4.79 Å². The van der Waals surface area contributed by atoms with Crippen molar-refractivity contribution in [2.24, 2.45) is 17.8 Å². The molecule has 4 fully saturated rings. The van der Waals surface area contributed by atoms with Crippen LogP contribution >= 0.6 is 15.9 Å². The minimum absolute atomic E-state index is 0.00346. The Labute approximate surface area is 231 Å². The molecule has 2 heterocycles. The van der Waals surface area contributed by atoms with Crippen molar-refractivity contribution in [3.05, 3.63) is 93.8 Å². The molecule has 2 aromatic heterocycles. The van der Waals surface area contributed by atoms with Crippen molar-refractivity contribution in [2.75, 3.05) is 5.32 Å². The number of nitrogens with zero attached hydrogens (tertiary/aromatic N) is 4. The van der Waals surface area contributed by atoms with E-state index in [1.807, 2.05) is 52.1 Å². The Bertz CT molecular complexity index is 1450. The van der Waals surface area contributed by atoms with Crippen molar-refractivity contribution in [3.63, 3.8) is 0 Å². The van der Waals surface area contributed by atoms with Gasteiger partial charge in [-0.2, -0.15) is 10.2 Å². The van der Waals surface area contributed by atoms with E-state index in [0.717, 1.165) is 58.4 Å². The molecule has 194 valence electrons. The van der Waals surface area contributed by atoms with Crippen molar-refractivity contribution in [1.29, 1.82) is 0 Å². The first kappa shape index (κ1) is 23.9. The van der Waals surface area contributed by atoms with Gasteiger partial charge in [0.25, 0.3) is 5.91 Å². The van der Waals surface area contributed by atoms with Gasteiger partial charge in [-0.3, -0.25) is 9.48 Å². The smallest absolute Gasteiger partial charge is 0.260 e. The van der Waals surface area contributed by atoms with Crippen LogP contribution in [0.25, 0.3) is 5.69 Å². The molecule has 0 aliphatic heterocycles. The lowest BCUT2D eigenvalue weighted by Crippen LogP contribution is -2.49. The molecular weight excluding hydrogens is 538 g/mol. The third kappa shape index (κ3) is 4.31. The fourth-order valence-corrected chi connectivity index (χ4v) is 8.08. The summed E-state index contributed by atoms with van der Waals surface area (Å²) in [7, 11) is 0. The highest BCUT2D eigenvalue weighted by atomic mass is 79.9. The third-order valence-corrected chi connectivity index (χ3v) is 9.51. The number of nitrogens with one attached hydrogen (secondary N) is 1. The lowest BCUT2D eigenvalue weighted by molar-refractivity contribution is -0.00765. The lowest BCUT2D eigenvalue weighted by Gasteiger charge is -2.56. The van der Waals surface area contributed by atoms with Gasteiger partial charge in [-0.05, 0) is 96.8 Å². The van der Waals surface area contributed by atoms with Crippen molar-refractivity contribution in [3.8, 4) is 5.69 Å². The van der Waals surface area contributed by atoms with E-state index in [-0.39, 0.29) is 11.3 Å². The van der Waals surface area contributed by atoms with Crippen molar-refractivity contribution in [2.45, 2.75) is 57.4 Å². The van der Waals surface area contributed by atoms with Gasteiger partial charge in [0, 0.05) is 17.8 Å². The molecule has 4 aliphatic carbocycles. The van der Waals surface area contributed by atoms with E-state index in [0.29, 0.717) is 17.9 Å². The number of hydrogen-bond acceptors (Lipinski definition) is 3. The van der Waals surface area contributed by atoms with Crippen molar-refractivity contribution >= 4 is 27.7 Å². The first-order chi connectivity index (χ1) is 18.4. The van der Waals surface area contributed by atoms with E-state index in [1.165, 1.54) is 24.8 Å². The van der Waals surface area contributed by atoms with E-state index in [1.54, 1.807) is 0 Å². The summed E-state index contributed by atoms with van der Waals surface area (Å²) in [5.41, 5.74) is 5.03. The molecule has 1 N–H and O–H groups in total. The zero-order valence-electron chi connectivity index (χ0n) is 21.6. The summed E-state index contributed by atoms with van der Waals surface area (Å²) < 4.78 is 4.52. The Morgan fingerprint density at radius 3 is 2.26 bits per heavy atom. The zero-order chi connectivity index (χ0) is 25.9. The van der Waals surface area contributed by atoms with Gasteiger partial charge >= 0.3 is 0 Å². The Hall–Kier alpha value is -3.19. The first-order valence-electron chi connectivity index (χ1n) is 13.7. The molecule has 4 aromatic rings. The number of benzene rings is 2. The number of rotatable bonds is 6. The monoisotopic (exact) mass is 569 g/mol. The summed E-state index contributed by atoms with van der Waals surface area (Å²) in [6, 6.07) is 18.5. The number of anilines is 1. The maximum absolute atomic E-state index is 13.9. The average Bonchev–Trinajstić information content (AvgIpc) is 3.50. The molecule has 6 nitrogen and oxygen atoms in total. The van der Waals surface area contributed by atoms with Gasteiger partial charge in [0.05, 0.1) is 28.0 Å². The number of amides is 1. The van der Waals surface area contributed by atoms with Crippen LogP contribution < -0.4 is 5.32 Å². The summed E-state index contributed by atoms with van der Waals surface area (Å²) in [5, 5.41) is 12.9. The predicted molar refractivity (Wildman–Crippen MR) is 152 cm³/mol. The molecule has 4 saturated carbocycles. The number of aryl methyl sites for hydroxylation is 1. The quantitative estimate of drug-likeness (QED) is 0.274. The number of carbonyl (C=O) groups excluding carboxylic acids is 1. The van der Waals surface area contributed by atoms with Crippen LogP contribution in [0.5, 0.6) is 0 Å². The maximum atomic E-state index is 13.9. The Kier molecular flexibility index (Phi) is 5.80. The van der Waals surface area contributed by atoms with Gasteiger partial charge in [0.1, 0.15) is 0 Å². The molecule has 38 heavy (non-hydrogen) atoms. The van der Waals surface area contributed by atoms with Gasteiger partial charge < -0.3 is 5.32 Å². The van der Waals surface area contributed by atoms with Gasteiger partial charge in [-0.15, -0.1) is 0 Å². The molecule has 4 aliphatic rings. The second-order valence-electron chi connectivity index (χ2n) is 11.8. The molecule has 8 rings (SSSR count). The highest BCUT2D eigenvalue weighted by molar-refractivity contribution is 9.10. The SMILES string of the molecule is Cc1ccc(Cn2cc(Br)c(NC(=O)c3cn(-c4ccccc4)nc3C34CC5CC(CC(C5)C3)C4)n2)cc1. The minimum Gasteiger partial charge on any atom is -0.304 e. The van der Waals surface area contributed by atoms with E-state index in [2.05, 4.69) is 52.4 Å². The van der Waals surface area contributed by atoms with Gasteiger partial charge in [-0.25, -0.2) is 4.68 Å². The van der Waals surface area contributed by atoms with Crippen LogP contribution in [-0.4, -0.2) is 25.5 Å². The van der Waals surface area contributed by atoms with Crippen LogP contribution in [0.4, 0.5) is 5.82 Å². The number of carbonyl (C=O) groups is 1. The maximum Gasteiger partial charge on any atom is 0.260 e. The Morgan fingerprint density at radius 1 is 0.947 bits per heavy atom. The van der Waals surface area contributed by atoms with Crippen LogP contribution in [0.15, 0.2) is 71.5 Å². The molecule has 1 amide bonds. The number of hydrogen-bond donors (Lipinski definition) is 1. The number of aromatic nitrogens is 4. The van der Waals surface area contributed by atoms with E-state index >= 15 is 0 Å². The molecule has 7 heteroatoms. The third-order valence-electron chi connectivity index (χ3n) is 8.93. The van der Waals surface area contributed by atoms with Crippen LogP contribution in [0, 0.1) is 24.7 Å². The molecule has 0 radical (unpaired) electrons. The van der Waals surface area contributed by atoms with E-state index in [4.69, 9.17) is 10.2 Å². The van der Waals surface area contributed by atoms with Gasteiger partial charge in [0.15, 0.2) is 5.82 Å². The summed E-state index contributed by atoms with van der Waals surface area (Å²) in [6.45, 7) is 2.72. The largest absolute Gasteiger partial charge is 0.304 e. The summed E-state index contributed by atoms with van der Waals surface area (Å²) in [6.07, 6.45) is 11.4. The average molecular weight is 571 g/mol. The Balaban J connectivity index is 1.21. The minimum atomic E-state index is -0.140. The summed E-state index contributed by atoms with van der Waals surface area (Å²) >= 11 is 3.62. The fraction of sp³-hybridized carbons (Fsp3) is 0.387. The highest BCUT2D eigenvalue weighted by Gasteiger charge is 2.54. The van der Waals surface area contributed by atoms with Crippen molar-refractivity contribution in [1.82, 2.24) is 19.6 Å². The van der Waals surface area contributed by atoms with Crippen LogP contribution in [-0.2, 0) is 12.0 Å². The molecular formula is C31H32BrN5O. The normalized spacial score (nSPS) is 25.6. The van der Waals surface area contributed by atoms with Gasteiger partial charge in [0.2, 0.25) is 0 Å². The zero-order valence-corrected chi connectivity index (χ0v) is 23.2. The Morgan fingerprint density at radius 2 is 1.61 bits per heavy atom. The summed E-state index contributed by atoms with van der Waals surface area (Å²) in [4.78, 5) is 13.9. The number of halogens is 1. The fourth-order valence-electron chi connectivity index (χ4n) is 7.66. The molecule has 0 atom stereocenters. The first-order valence-corrected chi connectivity index (χ1v) is 14.5. The molecule has 0 saturated heterocycles. The topological polar surface area (TPSA) is 64.7 Å². The summed E-state index contributed by atoms with van der Waals surface area (Å²) in [5.74, 6) is 2.70. The van der Waals surface area contributed by atoms with Crippen molar-refractivity contribution < 1.29 is 4.79 Å². The highest BCUT2D eigenvalue weighted by Crippen LogP contribution is 2.61. The second kappa shape index (κ2) is 9.23. The predicted octanol–water partition coefficient (Wildman–Crippen LogP) is 6.91. The lowest BCUT2D eigenvalue weighted by atomic mass is 9.48. The number of para-hydroxylation sites is 1. The molecule has 0 unspecified atom stereocenters. The standard InChI is InChI=1S/C31H32BrN5O/c1-20-7-9-21(10-8-20)17-36-19-27(32)29(35-36)33-30(38)26-18-37(25-5-3-2-4-6-25)34-28(26)31-14-22-11-23(15-31)13-24(12-22)16-31/h2-10,18-19,22-24H,11-17H2,1H3,(H,33,35,38). The molecule has 2 aromatic carbocycles. The molecule has 0 spiro atoms. The van der Waals surface area contributed by atoms with Crippen LogP contribution in [0.3, 0.4) is 0 Å². The van der Waals surface area contributed by atoms with Gasteiger partial charge in [-0.1, -0.05) is 48.0 Å². The van der Waals surface area contributed by atoms with E-state index < -0.39 is 0 Å². The van der Waals surface area contributed by atoms with Crippen LogP contribution in [0.2, 0.25) is 0 Å². The molecule has 4 bridgehead atoms. The second-order valence-corrected chi connectivity index (χ2v) is 12.7. The van der Waals surface area contributed by atoms with Crippen LogP contribution in [0.1, 0.15) is 65.7 Å².